The molecule has 1 aliphatic rings. The van der Waals surface area contributed by atoms with Crippen LogP contribution in [0, 0.1) is 5.92 Å². The van der Waals surface area contributed by atoms with E-state index in [1.807, 2.05) is 6.92 Å². The smallest absolute Gasteiger partial charge is 0.243 e. The van der Waals surface area contributed by atoms with Crippen LogP contribution in [0.5, 0.6) is 0 Å². The van der Waals surface area contributed by atoms with Gasteiger partial charge in [-0.2, -0.15) is 0 Å². The molecule has 1 rings (SSSR count). The standard InChI is InChI=1S/C19H38N4O2/c1-6-25-17(15(2)3)12-13-20-19(21-14-18(24)23(4)5)22-16-10-8-7-9-11-16/h15-17H,6-14H2,1-5H3,(H2,20,21,22). The van der Waals surface area contributed by atoms with Crippen LogP contribution in [-0.2, 0) is 9.53 Å². The van der Waals surface area contributed by atoms with Gasteiger partial charge in [0.15, 0.2) is 5.96 Å². The summed E-state index contributed by atoms with van der Waals surface area (Å²) in [4.78, 5) is 17.9. The molecule has 2 N–H and O–H groups in total. The van der Waals surface area contributed by atoms with E-state index in [0.717, 1.165) is 25.5 Å². The topological polar surface area (TPSA) is 66.0 Å². The first-order valence-corrected chi connectivity index (χ1v) is 9.80. The Labute approximate surface area is 153 Å². The van der Waals surface area contributed by atoms with Crippen LogP contribution in [0.3, 0.4) is 0 Å². The summed E-state index contributed by atoms with van der Waals surface area (Å²) < 4.78 is 5.80. The fourth-order valence-corrected chi connectivity index (χ4v) is 3.04. The van der Waals surface area contributed by atoms with Gasteiger partial charge in [0.05, 0.1) is 6.10 Å². The second-order valence-corrected chi connectivity index (χ2v) is 7.39. The zero-order chi connectivity index (χ0) is 18.7. The van der Waals surface area contributed by atoms with E-state index in [4.69, 9.17) is 4.74 Å². The number of hydrogen-bond donors (Lipinski definition) is 2. The third-order valence-corrected chi connectivity index (χ3v) is 4.66. The van der Waals surface area contributed by atoms with Crippen molar-refractivity contribution in [2.75, 3.05) is 33.8 Å². The van der Waals surface area contributed by atoms with E-state index in [9.17, 15) is 4.79 Å². The summed E-state index contributed by atoms with van der Waals surface area (Å²) in [6, 6.07) is 0.460. The van der Waals surface area contributed by atoms with Gasteiger partial charge in [-0.25, -0.2) is 4.99 Å². The van der Waals surface area contributed by atoms with Crippen molar-refractivity contribution >= 4 is 11.9 Å². The maximum Gasteiger partial charge on any atom is 0.243 e. The largest absolute Gasteiger partial charge is 0.378 e. The number of carbonyl (C=O) groups excluding carboxylic acids is 1. The quantitative estimate of drug-likeness (QED) is 0.493. The number of likely N-dealkylation sites (N-methyl/N-ethyl adjacent to an activating group) is 1. The van der Waals surface area contributed by atoms with Crippen LogP contribution in [-0.4, -0.2) is 62.7 Å². The number of amides is 1. The molecule has 146 valence electrons. The molecule has 6 nitrogen and oxygen atoms in total. The van der Waals surface area contributed by atoms with Crippen LogP contribution >= 0.6 is 0 Å². The maximum atomic E-state index is 11.8. The van der Waals surface area contributed by atoms with E-state index in [1.54, 1.807) is 19.0 Å². The molecule has 6 heteroatoms. The Bertz CT molecular complexity index is 404. The second kappa shape index (κ2) is 12.1. The molecule has 25 heavy (non-hydrogen) atoms. The summed E-state index contributed by atoms with van der Waals surface area (Å²) in [6.45, 7) is 8.11. The van der Waals surface area contributed by atoms with Gasteiger partial charge in [0.25, 0.3) is 0 Å². The summed E-state index contributed by atoms with van der Waals surface area (Å²) in [5.74, 6) is 1.25. The van der Waals surface area contributed by atoms with Crippen LogP contribution in [0.25, 0.3) is 0 Å². The lowest BCUT2D eigenvalue weighted by Crippen LogP contribution is -2.45. The molecule has 0 radical (unpaired) electrons. The first kappa shape index (κ1) is 21.7. The Morgan fingerprint density at radius 1 is 1.24 bits per heavy atom. The van der Waals surface area contributed by atoms with Crippen LogP contribution in [0.4, 0.5) is 0 Å². The molecule has 0 bridgehead atoms. The van der Waals surface area contributed by atoms with Crippen molar-refractivity contribution in [3.8, 4) is 0 Å². The Balaban J connectivity index is 2.56. The first-order valence-electron chi connectivity index (χ1n) is 9.80. The first-order chi connectivity index (χ1) is 11.9. The van der Waals surface area contributed by atoms with Crippen molar-refractivity contribution in [1.82, 2.24) is 15.5 Å². The van der Waals surface area contributed by atoms with Crippen molar-refractivity contribution < 1.29 is 9.53 Å². The molecule has 0 heterocycles. The summed E-state index contributed by atoms with van der Waals surface area (Å²) >= 11 is 0. The molecule has 0 saturated heterocycles. The monoisotopic (exact) mass is 354 g/mol. The van der Waals surface area contributed by atoms with Gasteiger partial charge in [0.2, 0.25) is 5.91 Å². The predicted octanol–water partition coefficient (Wildman–Crippen LogP) is 2.39. The van der Waals surface area contributed by atoms with Crippen LogP contribution in [0.2, 0.25) is 0 Å². The molecule has 0 aromatic heterocycles. The molecule has 1 saturated carbocycles. The molecule has 0 aliphatic heterocycles. The zero-order valence-electron chi connectivity index (χ0n) is 16.8. The average molecular weight is 355 g/mol. The van der Waals surface area contributed by atoms with Gasteiger partial charge < -0.3 is 20.3 Å². The number of rotatable bonds is 9. The summed E-state index contributed by atoms with van der Waals surface area (Å²) in [5, 5.41) is 6.91. The molecule has 1 amide bonds. The predicted molar refractivity (Wildman–Crippen MR) is 104 cm³/mol. The normalized spacial score (nSPS) is 17.4. The van der Waals surface area contributed by atoms with E-state index in [1.165, 1.54) is 32.1 Å². The summed E-state index contributed by atoms with van der Waals surface area (Å²) in [5.41, 5.74) is 0. The van der Waals surface area contributed by atoms with Crippen molar-refractivity contribution in [3.63, 3.8) is 0 Å². The van der Waals surface area contributed by atoms with Crippen LogP contribution < -0.4 is 10.6 Å². The fraction of sp³-hybridized carbons (Fsp3) is 0.895. The van der Waals surface area contributed by atoms with E-state index in [-0.39, 0.29) is 18.6 Å². The van der Waals surface area contributed by atoms with Crippen molar-refractivity contribution in [1.29, 1.82) is 0 Å². The van der Waals surface area contributed by atoms with E-state index in [2.05, 4.69) is 29.5 Å². The number of nitrogens with one attached hydrogen (secondary N) is 2. The van der Waals surface area contributed by atoms with Gasteiger partial charge in [0.1, 0.15) is 6.54 Å². The maximum absolute atomic E-state index is 11.8. The molecule has 1 aliphatic carbocycles. The highest BCUT2D eigenvalue weighted by Gasteiger charge is 2.16. The fourth-order valence-electron chi connectivity index (χ4n) is 3.04. The van der Waals surface area contributed by atoms with E-state index >= 15 is 0 Å². The number of nitrogens with zero attached hydrogens (tertiary/aromatic N) is 2. The lowest BCUT2D eigenvalue weighted by atomic mass is 9.96. The lowest BCUT2D eigenvalue weighted by Gasteiger charge is -2.26. The third-order valence-electron chi connectivity index (χ3n) is 4.66. The van der Waals surface area contributed by atoms with Crippen molar-refractivity contribution in [2.45, 2.75) is 71.4 Å². The SMILES string of the molecule is CCOC(CCNC(=NCC(=O)N(C)C)NC1CCCCC1)C(C)C. The Kier molecular flexibility index (Phi) is 10.5. The van der Waals surface area contributed by atoms with E-state index < -0.39 is 0 Å². The Hall–Kier alpha value is -1.30. The summed E-state index contributed by atoms with van der Waals surface area (Å²) in [6.07, 6.45) is 7.38. The van der Waals surface area contributed by atoms with Crippen molar-refractivity contribution in [2.24, 2.45) is 10.9 Å². The minimum Gasteiger partial charge on any atom is -0.378 e. The molecule has 1 atom stereocenters. The van der Waals surface area contributed by atoms with Crippen LogP contribution in [0.1, 0.15) is 59.3 Å². The molecule has 0 aromatic carbocycles. The number of aliphatic imine (C=N–C) groups is 1. The molecule has 0 spiro atoms. The van der Waals surface area contributed by atoms with Gasteiger partial charge >= 0.3 is 0 Å². The highest BCUT2D eigenvalue weighted by molar-refractivity contribution is 5.84. The van der Waals surface area contributed by atoms with Gasteiger partial charge in [-0.1, -0.05) is 33.1 Å². The molecule has 0 aromatic rings. The van der Waals surface area contributed by atoms with Crippen molar-refractivity contribution in [3.05, 3.63) is 0 Å². The molecule has 1 unspecified atom stereocenters. The number of guanidine groups is 1. The average Bonchev–Trinajstić information content (AvgIpc) is 2.58. The number of hydrogen-bond acceptors (Lipinski definition) is 3. The zero-order valence-corrected chi connectivity index (χ0v) is 16.8. The van der Waals surface area contributed by atoms with Crippen LogP contribution in [0.15, 0.2) is 4.99 Å². The number of ether oxygens (including phenoxy) is 1. The summed E-state index contributed by atoms with van der Waals surface area (Å²) in [7, 11) is 3.52. The molecular formula is C19H38N4O2. The Morgan fingerprint density at radius 2 is 1.92 bits per heavy atom. The molecular weight excluding hydrogens is 316 g/mol. The minimum absolute atomic E-state index is 0.0131. The van der Waals surface area contributed by atoms with Gasteiger partial charge in [-0.05, 0) is 32.1 Å². The molecule has 1 fully saturated rings. The highest BCUT2D eigenvalue weighted by Crippen LogP contribution is 2.17. The number of carbonyl (C=O) groups is 1. The third kappa shape index (κ3) is 9.10. The Morgan fingerprint density at radius 3 is 2.48 bits per heavy atom. The second-order valence-electron chi connectivity index (χ2n) is 7.39. The van der Waals surface area contributed by atoms with Gasteiger partial charge in [-0.15, -0.1) is 0 Å². The minimum atomic E-state index is 0.0131. The van der Waals surface area contributed by atoms with Gasteiger partial charge in [0, 0.05) is 33.3 Å². The van der Waals surface area contributed by atoms with Gasteiger partial charge in [-0.3, -0.25) is 4.79 Å². The highest BCUT2D eigenvalue weighted by atomic mass is 16.5. The van der Waals surface area contributed by atoms with E-state index in [0.29, 0.717) is 12.0 Å². The lowest BCUT2D eigenvalue weighted by molar-refractivity contribution is -0.127.